The number of nitrogens with zero attached hydrogens (tertiary/aromatic N) is 1. The first-order valence-electron chi connectivity index (χ1n) is 6.97. The van der Waals surface area contributed by atoms with Crippen LogP contribution < -0.4 is 5.32 Å². The van der Waals surface area contributed by atoms with Crippen molar-refractivity contribution in [3.63, 3.8) is 0 Å². The zero-order valence-electron chi connectivity index (χ0n) is 11.1. The molecule has 1 saturated heterocycles. The highest BCUT2D eigenvalue weighted by atomic mass is 19.1. The normalized spacial score (nSPS) is 25.5. The number of amides is 1. The third kappa shape index (κ3) is 2.25. The molecule has 3 nitrogen and oxygen atoms in total. The first-order valence-corrected chi connectivity index (χ1v) is 6.97. The standard InChI is InChI=1S/C15H19FN2O/c1-10(11-3-2-4-11)18-14(19)9-17-15(18)12-5-7-13(16)8-6-12/h5-8,10-11,15,17H,2-4,9H2,1H3. The molecule has 1 aromatic carbocycles. The predicted octanol–water partition coefficient (Wildman–Crippen LogP) is 2.44. The van der Waals surface area contributed by atoms with Crippen LogP contribution in [0.2, 0.25) is 0 Å². The van der Waals surface area contributed by atoms with Gasteiger partial charge in [-0.15, -0.1) is 0 Å². The molecule has 4 heteroatoms. The van der Waals surface area contributed by atoms with Crippen LogP contribution in [0.15, 0.2) is 24.3 Å². The number of hydrogen-bond donors (Lipinski definition) is 1. The van der Waals surface area contributed by atoms with Gasteiger partial charge in [0.15, 0.2) is 0 Å². The highest BCUT2D eigenvalue weighted by Crippen LogP contribution is 2.36. The highest BCUT2D eigenvalue weighted by Gasteiger charge is 2.39. The Morgan fingerprint density at radius 1 is 1.32 bits per heavy atom. The number of carbonyl (C=O) groups is 1. The lowest BCUT2D eigenvalue weighted by Crippen LogP contribution is -2.44. The molecule has 19 heavy (non-hydrogen) atoms. The molecule has 2 fully saturated rings. The summed E-state index contributed by atoms with van der Waals surface area (Å²) in [6.45, 7) is 2.50. The van der Waals surface area contributed by atoms with E-state index in [1.54, 1.807) is 12.1 Å². The number of halogens is 1. The Hall–Kier alpha value is -1.42. The molecule has 0 spiro atoms. The Morgan fingerprint density at radius 2 is 2.00 bits per heavy atom. The summed E-state index contributed by atoms with van der Waals surface area (Å²) >= 11 is 0. The van der Waals surface area contributed by atoms with E-state index in [0.29, 0.717) is 12.5 Å². The maximum Gasteiger partial charge on any atom is 0.238 e. The van der Waals surface area contributed by atoms with E-state index in [4.69, 9.17) is 0 Å². The minimum absolute atomic E-state index is 0.108. The molecule has 1 heterocycles. The lowest BCUT2D eigenvalue weighted by atomic mass is 9.79. The van der Waals surface area contributed by atoms with Crippen LogP contribution in [0, 0.1) is 11.7 Å². The molecule has 1 aliphatic carbocycles. The molecule has 0 radical (unpaired) electrons. The van der Waals surface area contributed by atoms with Gasteiger partial charge in [-0.2, -0.15) is 0 Å². The highest BCUT2D eigenvalue weighted by molar-refractivity contribution is 5.81. The van der Waals surface area contributed by atoms with Gasteiger partial charge in [0.25, 0.3) is 0 Å². The minimum atomic E-state index is -0.244. The minimum Gasteiger partial charge on any atom is -0.319 e. The van der Waals surface area contributed by atoms with E-state index < -0.39 is 0 Å². The van der Waals surface area contributed by atoms with Gasteiger partial charge >= 0.3 is 0 Å². The summed E-state index contributed by atoms with van der Waals surface area (Å²) in [5.74, 6) is 0.521. The average Bonchev–Trinajstić information content (AvgIpc) is 2.70. The van der Waals surface area contributed by atoms with Gasteiger partial charge in [-0.1, -0.05) is 18.6 Å². The van der Waals surface area contributed by atoms with Gasteiger partial charge in [-0.3, -0.25) is 10.1 Å². The Labute approximate surface area is 112 Å². The zero-order valence-corrected chi connectivity index (χ0v) is 11.1. The molecule has 1 amide bonds. The van der Waals surface area contributed by atoms with Crippen molar-refractivity contribution < 1.29 is 9.18 Å². The fourth-order valence-electron chi connectivity index (χ4n) is 3.05. The maximum atomic E-state index is 13.0. The number of nitrogens with one attached hydrogen (secondary N) is 1. The van der Waals surface area contributed by atoms with Gasteiger partial charge in [0.05, 0.1) is 6.54 Å². The maximum absolute atomic E-state index is 13.0. The summed E-state index contributed by atoms with van der Waals surface area (Å²) in [6.07, 6.45) is 3.58. The van der Waals surface area contributed by atoms with Gasteiger partial charge in [-0.05, 0) is 43.4 Å². The average molecular weight is 262 g/mol. The SMILES string of the molecule is CC(C1CCC1)N1C(=O)CNC1c1ccc(F)cc1. The first-order chi connectivity index (χ1) is 9.16. The van der Waals surface area contributed by atoms with Crippen molar-refractivity contribution in [2.24, 2.45) is 5.92 Å². The van der Waals surface area contributed by atoms with Gasteiger partial charge in [0, 0.05) is 6.04 Å². The summed E-state index contributed by atoms with van der Waals surface area (Å²) in [6, 6.07) is 6.67. The Morgan fingerprint density at radius 3 is 2.58 bits per heavy atom. The monoisotopic (exact) mass is 262 g/mol. The quantitative estimate of drug-likeness (QED) is 0.907. The van der Waals surface area contributed by atoms with Crippen LogP contribution in [0.3, 0.4) is 0 Å². The molecule has 0 bridgehead atoms. The number of carbonyl (C=O) groups excluding carboxylic acids is 1. The molecular weight excluding hydrogens is 243 g/mol. The van der Waals surface area contributed by atoms with Crippen molar-refractivity contribution in [3.8, 4) is 0 Å². The van der Waals surface area contributed by atoms with Crippen LogP contribution in [-0.4, -0.2) is 23.4 Å². The van der Waals surface area contributed by atoms with Crippen molar-refractivity contribution in [1.82, 2.24) is 10.2 Å². The fourth-order valence-corrected chi connectivity index (χ4v) is 3.05. The molecule has 2 aliphatic rings. The third-order valence-corrected chi connectivity index (χ3v) is 4.47. The van der Waals surface area contributed by atoms with Crippen LogP contribution in [0.5, 0.6) is 0 Å². The lowest BCUT2D eigenvalue weighted by molar-refractivity contribution is -0.131. The number of hydrogen-bond acceptors (Lipinski definition) is 2. The molecule has 1 aromatic rings. The summed E-state index contributed by atoms with van der Waals surface area (Å²) in [4.78, 5) is 14.0. The molecule has 2 atom stereocenters. The van der Waals surface area contributed by atoms with Crippen LogP contribution in [0.4, 0.5) is 4.39 Å². The largest absolute Gasteiger partial charge is 0.319 e. The van der Waals surface area contributed by atoms with E-state index in [9.17, 15) is 9.18 Å². The third-order valence-electron chi connectivity index (χ3n) is 4.47. The van der Waals surface area contributed by atoms with Crippen molar-refractivity contribution >= 4 is 5.91 Å². The van der Waals surface area contributed by atoms with Gasteiger partial charge in [0.1, 0.15) is 12.0 Å². The Balaban J connectivity index is 1.83. The molecule has 1 aliphatic heterocycles. The topological polar surface area (TPSA) is 32.3 Å². The second-order valence-corrected chi connectivity index (χ2v) is 5.57. The van der Waals surface area contributed by atoms with E-state index in [0.717, 1.165) is 5.56 Å². The Bertz CT molecular complexity index is 470. The molecule has 3 rings (SSSR count). The van der Waals surface area contributed by atoms with Gasteiger partial charge in [-0.25, -0.2) is 4.39 Å². The first kappa shape index (κ1) is 12.6. The number of rotatable bonds is 3. The second kappa shape index (κ2) is 4.93. The number of benzene rings is 1. The predicted molar refractivity (Wildman–Crippen MR) is 70.8 cm³/mol. The molecule has 1 N–H and O–H groups in total. The van der Waals surface area contributed by atoms with Crippen LogP contribution >= 0.6 is 0 Å². The molecule has 1 saturated carbocycles. The molecule has 0 aromatic heterocycles. The van der Waals surface area contributed by atoms with Crippen LogP contribution in [0.1, 0.15) is 37.9 Å². The second-order valence-electron chi connectivity index (χ2n) is 5.57. The van der Waals surface area contributed by atoms with E-state index in [1.165, 1.54) is 31.4 Å². The fraction of sp³-hybridized carbons (Fsp3) is 0.533. The van der Waals surface area contributed by atoms with Crippen LogP contribution in [0.25, 0.3) is 0 Å². The summed E-state index contributed by atoms with van der Waals surface area (Å²) in [5, 5.41) is 3.23. The van der Waals surface area contributed by atoms with Crippen molar-refractivity contribution in [2.75, 3.05) is 6.54 Å². The van der Waals surface area contributed by atoms with E-state index in [-0.39, 0.29) is 23.9 Å². The molecule has 102 valence electrons. The lowest BCUT2D eigenvalue weighted by Gasteiger charge is -2.39. The smallest absolute Gasteiger partial charge is 0.238 e. The van der Waals surface area contributed by atoms with Gasteiger partial charge < -0.3 is 4.90 Å². The van der Waals surface area contributed by atoms with Gasteiger partial charge in [0.2, 0.25) is 5.91 Å². The molecular formula is C15H19FN2O. The van der Waals surface area contributed by atoms with E-state index in [1.807, 2.05) is 4.90 Å². The molecule has 2 unspecified atom stereocenters. The Kier molecular flexibility index (Phi) is 3.27. The van der Waals surface area contributed by atoms with E-state index >= 15 is 0 Å². The van der Waals surface area contributed by atoms with Crippen LogP contribution in [-0.2, 0) is 4.79 Å². The summed E-state index contributed by atoms with van der Waals surface area (Å²) in [7, 11) is 0. The van der Waals surface area contributed by atoms with Crippen molar-refractivity contribution in [3.05, 3.63) is 35.6 Å². The summed E-state index contributed by atoms with van der Waals surface area (Å²) < 4.78 is 13.0. The van der Waals surface area contributed by atoms with E-state index in [2.05, 4.69) is 12.2 Å². The summed E-state index contributed by atoms with van der Waals surface area (Å²) in [5.41, 5.74) is 0.957. The zero-order chi connectivity index (χ0) is 13.4. The van der Waals surface area contributed by atoms with Crippen molar-refractivity contribution in [2.45, 2.75) is 38.4 Å². The van der Waals surface area contributed by atoms with Crippen molar-refractivity contribution in [1.29, 1.82) is 0 Å².